The number of hydrogen-bond donors (Lipinski definition) is 1. The Morgan fingerprint density at radius 2 is 1.89 bits per heavy atom. The number of ether oxygens (including phenoxy) is 1. The first-order valence-corrected chi connectivity index (χ1v) is 12.2. The Bertz CT molecular complexity index is 1560. The number of nitro groups is 1. The van der Waals surface area contributed by atoms with Crippen LogP contribution in [-0.4, -0.2) is 37.9 Å². The molecular weight excluding hydrogens is 486 g/mol. The second-order valence-corrected chi connectivity index (χ2v) is 8.53. The quantitative estimate of drug-likeness (QED) is 0.0682. The van der Waals surface area contributed by atoms with E-state index < -0.39 is 16.8 Å². The van der Waals surface area contributed by atoms with E-state index in [0.29, 0.717) is 27.8 Å². The number of aromatic nitrogens is 3. The highest BCUT2D eigenvalue weighted by Gasteiger charge is 2.27. The van der Waals surface area contributed by atoms with Crippen molar-refractivity contribution in [2.75, 3.05) is 11.9 Å². The molecule has 0 aliphatic rings. The number of esters is 1. The number of benzene rings is 2. The fraction of sp³-hybridized carbons (Fsp3) is 0.214. The van der Waals surface area contributed by atoms with Gasteiger partial charge >= 0.3 is 5.97 Å². The predicted octanol–water partition coefficient (Wildman–Crippen LogP) is 5.68. The van der Waals surface area contributed by atoms with Crippen molar-refractivity contribution in [3.63, 3.8) is 0 Å². The van der Waals surface area contributed by atoms with E-state index in [1.807, 2.05) is 18.2 Å². The van der Waals surface area contributed by atoms with Crippen LogP contribution in [0, 0.1) is 10.1 Å². The monoisotopic (exact) mass is 513 g/mol. The van der Waals surface area contributed by atoms with E-state index >= 15 is 0 Å². The molecule has 0 atom stereocenters. The Morgan fingerprint density at radius 1 is 1.13 bits per heavy atom. The highest BCUT2D eigenvalue weighted by molar-refractivity contribution is 6.13. The number of nitrogens with one attached hydrogen (secondary N) is 1. The zero-order chi connectivity index (χ0) is 27.1. The van der Waals surface area contributed by atoms with E-state index in [2.05, 4.69) is 23.8 Å². The molecule has 0 saturated carbocycles. The molecule has 0 unspecified atom stereocenters. The number of nitro benzene ring substituents is 1. The molecule has 4 aromatic rings. The number of allylic oxidation sites excluding steroid dienone is 1. The molecule has 2 aromatic carbocycles. The third kappa shape index (κ3) is 5.75. The molecule has 0 fully saturated rings. The molecule has 0 aliphatic heterocycles. The van der Waals surface area contributed by atoms with E-state index in [4.69, 9.17) is 9.72 Å². The summed E-state index contributed by atoms with van der Waals surface area (Å²) in [5.41, 5.74) is 2.44. The van der Waals surface area contributed by atoms with E-state index in [0.717, 1.165) is 19.3 Å². The van der Waals surface area contributed by atoms with Gasteiger partial charge in [0.15, 0.2) is 5.65 Å². The van der Waals surface area contributed by atoms with Gasteiger partial charge in [-0.15, -0.1) is 6.58 Å². The minimum Gasteiger partial charge on any atom is -0.462 e. The van der Waals surface area contributed by atoms with E-state index in [9.17, 15) is 19.7 Å². The molecular formula is C28H27N5O5. The highest BCUT2D eigenvalue weighted by Crippen LogP contribution is 2.31. The number of carbonyl (C=O) groups is 2. The maximum atomic E-state index is 13.3. The summed E-state index contributed by atoms with van der Waals surface area (Å²) in [4.78, 5) is 46.2. The normalized spacial score (nSPS) is 11.2. The Kier molecular flexibility index (Phi) is 8.22. The molecule has 0 aliphatic carbocycles. The number of rotatable bonds is 11. The Hall–Kier alpha value is -4.86. The predicted molar refractivity (Wildman–Crippen MR) is 146 cm³/mol. The zero-order valence-electron chi connectivity index (χ0n) is 20.9. The number of carbonyl (C=O) groups excluding carboxylic acids is 2. The lowest BCUT2D eigenvalue weighted by molar-refractivity contribution is -0.384. The zero-order valence-corrected chi connectivity index (χ0v) is 20.9. The number of para-hydroxylation sites is 2. The molecule has 0 saturated heterocycles. The molecule has 1 N–H and O–H groups in total. The molecule has 2 aromatic heterocycles. The number of hydrogen-bond acceptors (Lipinski definition) is 7. The first-order chi connectivity index (χ1) is 18.4. The smallest absolute Gasteiger partial charge is 0.344 e. The summed E-state index contributed by atoms with van der Waals surface area (Å²) in [5.74, 6) is -0.977. The minimum absolute atomic E-state index is 0.0870. The van der Waals surface area contributed by atoms with Gasteiger partial charge in [-0.05, 0) is 30.2 Å². The van der Waals surface area contributed by atoms with Gasteiger partial charge in [-0.25, -0.2) is 14.8 Å². The average molecular weight is 514 g/mol. The molecule has 0 radical (unpaired) electrons. The van der Waals surface area contributed by atoms with Gasteiger partial charge in [0.2, 0.25) is 5.91 Å². The number of fused-ring (bicyclic) bond motifs is 2. The van der Waals surface area contributed by atoms with Gasteiger partial charge in [-0.3, -0.25) is 14.9 Å². The van der Waals surface area contributed by atoms with Gasteiger partial charge in [-0.2, -0.15) is 0 Å². The van der Waals surface area contributed by atoms with Crippen LogP contribution in [0.15, 0.2) is 67.3 Å². The summed E-state index contributed by atoms with van der Waals surface area (Å²) >= 11 is 0. The lowest BCUT2D eigenvalue weighted by Gasteiger charge is -2.10. The summed E-state index contributed by atoms with van der Waals surface area (Å²) in [7, 11) is 0. The van der Waals surface area contributed by atoms with Crippen LogP contribution < -0.4 is 5.32 Å². The Morgan fingerprint density at radius 3 is 2.61 bits per heavy atom. The Labute approximate surface area is 218 Å². The van der Waals surface area contributed by atoms with Crippen molar-refractivity contribution in [2.24, 2.45) is 0 Å². The molecule has 1 amide bonds. The standard InChI is InChI=1S/C28H27N5O5/c1-3-5-8-17-38-28(35)24-25-27(30-22-13-7-6-12-21(22)29-25)32(16-4-2)26(24)31-23(34)15-14-19-10-9-11-20(18-19)33(36)37/h4,6-7,9-15,18H,2-3,5,8,16-17H2,1H3,(H,31,34). The molecule has 10 nitrogen and oxygen atoms in total. The summed E-state index contributed by atoms with van der Waals surface area (Å²) < 4.78 is 7.21. The summed E-state index contributed by atoms with van der Waals surface area (Å²) in [5, 5.41) is 13.8. The first kappa shape index (κ1) is 26.2. The molecule has 0 spiro atoms. The van der Waals surface area contributed by atoms with E-state index in [-0.39, 0.29) is 30.2 Å². The average Bonchev–Trinajstić information content (AvgIpc) is 3.20. The summed E-state index contributed by atoms with van der Waals surface area (Å²) in [6.07, 6.45) is 6.93. The van der Waals surface area contributed by atoms with Crippen LogP contribution in [0.3, 0.4) is 0 Å². The van der Waals surface area contributed by atoms with Crippen molar-refractivity contribution < 1.29 is 19.2 Å². The van der Waals surface area contributed by atoms with E-state index in [1.165, 1.54) is 30.4 Å². The largest absolute Gasteiger partial charge is 0.462 e. The van der Waals surface area contributed by atoms with Crippen LogP contribution >= 0.6 is 0 Å². The molecule has 2 heterocycles. The lowest BCUT2D eigenvalue weighted by Crippen LogP contribution is -2.16. The molecule has 4 rings (SSSR count). The number of non-ortho nitro benzene ring substituents is 1. The van der Waals surface area contributed by atoms with Gasteiger partial charge in [0.05, 0.1) is 22.6 Å². The maximum absolute atomic E-state index is 13.3. The van der Waals surface area contributed by atoms with Gasteiger partial charge in [0, 0.05) is 24.8 Å². The molecule has 0 bridgehead atoms. The minimum atomic E-state index is -0.614. The first-order valence-electron chi connectivity index (χ1n) is 12.2. The lowest BCUT2D eigenvalue weighted by atomic mass is 10.2. The topological polar surface area (TPSA) is 129 Å². The van der Waals surface area contributed by atoms with Crippen molar-refractivity contribution in [2.45, 2.75) is 32.7 Å². The van der Waals surface area contributed by atoms with Gasteiger partial charge in [0.25, 0.3) is 5.69 Å². The van der Waals surface area contributed by atoms with Crippen molar-refractivity contribution in [1.82, 2.24) is 14.5 Å². The number of amides is 1. The van der Waals surface area contributed by atoms with Crippen molar-refractivity contribution in [3.05, 3.63) is 88.5 Å². The van der Waals surface area contributed by atoms with Crippen LogP contribution in [0.1, 0.15) is 42.1 Å². The number of nitrogens with zero attached hydrogens (tertiary/aromatic N) is 4. The third-order valence-corrected chi connectivity index (χ3v) is 5.80. The Balaban J connectivity index is 1.76. The molecule has 194 valence electrons. The number of unbranched alkanes of at least 4 members (excludes halogenated alkanes) is 2. The summed E-state index contributed by atoms with van der Waals surface area (Å²) in [6, 6.07) is 13.2. The summed E-state index contributed by atoms with van der Waals surface area (Å²) in [6.45, 7) is 6.34. The molecule has 10 heteroatoms. The van der Waals surface area contributed by atoms with Gasteiger partial charge < -0.3 is 14.6 Å². The van der Waals surface area contributed by atoms with Crippen molar-refractivity contribution in [1.29, 1.82) is 0 Å². The van der Waals surface area contributed by atoms with Crippen LogP contribution in [0.2, 0.25) is 0 Å². The SMILES string of the molecule is C=CCn1c(NC(=O)C=Cc2cccc([N+](=O)[O-])c2)c(C(=O)OCCCCC)c2nc3ccccc3nc21. The van der Waals surface area contributed by atoms with Crippen LogP contribution in [0.4, 0.5) is 11.5 Å². The third-order valence-electron chi connectivity index (χ3n) is 5.80. The van der Waals surface area contributed by atoms with Crippen LogP contribution in [-0.2, 0) is 16.1 Å². The van der Waals surface area contributed by atoms with Crippen LogP contribution in [0.25, 0.3) is 28.3 Å². The van der Waals surface area contributed by atoms with E-state index in [1.54, 1.807) is 22.8 Å². The van der Waals surface area contributed by atoms with Crippen molar-refractivity contribution in [3.8, 4) is 0 Å². The van der Waals surface area contributed by atoms with Crippen LogP contribution in [0.5, 0.6) is 0 Å². The maximum Gasteiger partial charge on any atom is 0.344 e. The fourth-order valence-electron chi connectivity index (χ4n) is 3.99. The number of anilines is 1. The fourth-order valence-corrected chi connectivity index (χ4v) is 3.99. The van der Waals surface area contributed by atoms with Gasteiger partial charge in [-0.1, -0.05) is 50.1 Å². The molecule has 38 heavy (non-hydrogen) atoms. The van der Waals surface area contributed by atoms with Gasteiger partial charge in [0.1, 0.15) is 16.9 Å². The second kappa shape index (κ2) is 11.9. The highest BCUT2D eigenvalue weighted by atomic mass is 16.6. The van der Waals surface area contributed by atoms with Crippen molar-refractivity contribution >= 4 is 51.7 Å². The second-order valence-electron chi connectivity index (χ2n) is 8.53.